The molecule has 3 aromatic rings. The van der Waals surface area contributed by atoms with Crippen molar-refractivity contribution in [3.8, 4) is 11.4 Å². The standard InChI is InChI=1S/C19H20FN5OS/c1-12(14-4-6-16(20)7-5-14)22-18(26)13(2)27-19-24-23-17(25(19)3)15-8-10-21-11-9-15/h4-13H,1-3H3,(H,22,26)/t12-,13-/m0/s1. The third-order valence-electron chi connectivity index (χ3n) is 4.15. The molecule has 0 fully saturated rings. The summed E-state index contributed by atoms with van der Waals surface area (Å²) in [7, 11) is 1.86. The third kappa shape index (κ3) is 4.51. The molecule has 27 heavy (non-hydrogen) atoms. The van der Waals surface area contributed by atoms with E-state index in [9.17, 15) is 9.18 Å². The molecule has 0 saturated carbocycles. The number of halogens is 1. The van der Waals surface area contributed by atoms with Crippen molar-refractivity contribution in [1.82, 2.24) is 25.1 Å². The predicted octanol–water partition coefficient (Wildman–Crippen LogP) is 3.37. The van der Waals surface area contributed by atoms with Gasteiger partial charge in [0.25, 0.3) is 0 Å². The van der Waals surface area contributed by atoms with Crippen LogP contribution in [0.15, 0.2) is 53.9 Å². The molecule has 3 rings (SSSR count). The van der Waals surface area contributed by atoms with Gasteiger partial charge < -0.3 is 9.88 Å². The van der Waals surface area contributed by atoms with E-state index in [1.807, 2.05) is 37.6 Å². The van der Waals surface area contributed by atoms with E-state index < -0.39 is 0 Å². The predicted molar refractivity (Wildman–Crippen MR) is 103 cm³/mol. The normalized spacial score (nSPS) is 13.2. The Balaban J connectivity index is 1.65. The Hall–Kier alpha value is -2.74. The Bertz CT molecular complexity index is 914. The van der Waals surface area contributed by atoms with E-state index in [1.165, 1.54) is 23.9 Å². The van der Waals surface area contributed by atoms with Crippen LogP contribution in [-0.4, -0.2) is 30.9 Å². The number of carbonyl (C=O) groups is 1. The van der Waals surface area contributed by atoms with E-state index in [2.05, 4.69) is 20.5 Å². The molecule has 1 aromatic carbocycles. The number of aromatic nitrogens is 4. The molecule has 6 nitrogen and oxygen atoms in total. The van der Waals surface area contributed by atoms with Gasteiger partial charge in [-0.2, -0.15) is 0 Å². The molecule has 0 aliphatic carbocycles. The zero-order valence-corrected chi connectivity index (χ0v) is 16.1. The Morgan fingerprint density at radius 3 is 2.44 bits per heavy atom. The van der Waals surface area contributed by atoms with E-state index >= 15 is 0 Å². The van der Waals surface area contributed by atoms with Gasteiger partial charge in [-0.15, -0.1) is 10.2 Å². The van der Waals surface area contributed by atoms with Crippen LogP contribution in [0.5, 0.6) is 0 Å². The van der Waals surface area contributed by atoms with Crippen LogP contribution in [0.2, 0.25) is 0 Å². The number of nitrogens with one attached hydrogen (secondary N) is 1. The van der Waals surface area contributed by atoms with Crippen LogP contribution in [0, 0.1) is 5.82 Å². The lowest BCUT2D eigenvalue weighted by molar-refractivity contribution is -0.120. The molecule has 0 bridgehead atoms. The molecule has 0 radical (unpaired) electrons. The van der Waals surface area contributed by atoms with Gasteiger partial charge in [0, 0.05) is 25.0 Å². The number of hydrogen-bond donors (Lipinski definition) is 1. The zero-order chi connectivity index (χ0) is 19.4. The molecule has 2 aromatic heterocycles. The maximum Gasteiger partial charge on any atom is 0.233 e. The van der Waals surface area contributed by atoms with Crippen molar-refractivity contribution in [3.63, 3.8) is 0 Å². The first-order valence-electron chi connectivity index (χ1n) is 8.48. The number of pyridine rings is 1. The summed E-state index contributed by atoms with van der Waals surface area (Å²) in [4.78, 5) is 16.5. The summed E-state index contributed by atoms with van der Waals surface area (Å²) >= 11 is 1.34. The van der Waals surface area contributed by atoms with Crippen molar-refractivity contribution in [2.75, 3.05) is 0 Å². The second kappa shape index (κ2) is 8.30. The molecule has 0 saturated heterocycles. The van der Waals surface area contributed by atoms with Crippen LogP contribution in [0.1, 0.15) is 25.5 Å². The maximum absolute atomic E-state index is 13.0. The highest BCUT2D eigenvalue weighted by atomic mass is 32.2. The fourth-order valence-electron chi connectivity index (χ4n) is 2.55. The van der Waals surface area contributed by atoms with Crippen molar-refractivity contribution in [2.45, 2.75) is 30.3 Å². The summed E-state index contributed by atoms with van der Waals surface area (Å²) in [6.45, 7) is 3.69. The van der Waals surface area contributed by atoms with E-state index in [4.69, 9.17) is 0 Å². The number of benzene rings is 1. The van der Waals surface area contributed by atoms with Gasteiger partial charge in [-0.25, -0.2) is 4.39 Å². The van der Waals surface area contributed by atoms with Crippen LogP contribution >= 0.6 is 11.8 Å². The Morgan fingerprint density at radius 1 is 1.11 bits per heavy atom. The van der Waals surface area contributed by atoms with Gasteiger partial charge >= 0.3 is 0 Å². The van der Waals surface area contributed by atoms with Crippen LogP contribution in [-0.2, 0) is 11.8 Å². The number of amides is 1. The molecule has 0 aliphatic heterocycles. The summed E-state index contributed by atoms with van der Waals surface area (Å²) in [6.07, 6.45) is 3.40. The summed E-state index contributed by atoms with van der Waals surface area (Å²) < 4.78 is 14.9. The number of nitrogens with zero attached hydrogens (tertiary/aromatic N) is 4. The second-order valence-corrected chi connectivity index (χ2v) is 7.45. The van der Waals surface area contributed by atoms with Crippen molar-refractivity contribution in [1.29, 1.82) is 0 Å². The van der Waals surface area contributed by atoms with Crippen molar-refractivity contribution in [2.24, 2.45) is 7.05 Å². The van der Waals surface area contributed by atoms with Gasteiger partial charge in [-0.1, -0.05) is 23.9 Å². The summed E-state index contributed by atoms with van der Waals surface area (Å²) in [5.74, 6) is 0.297. The average Bonchev–Trinajstić information content (AvgIpc) is 3.03. The number of rotatable bonds is 6. The molecule has 0 spiro atoms. The lowest BCUT2D eigenvalue weighted by Gasteiger charge is -2.17. The fraction of sp³-hybridized carbons (Fsp3) is 0.263. The van der Waals surface area contributed by atoms with Gasteiger partial charge in [0.15, 0.2) is 11.0 Å². The minimum absolute atomic E-state index is 0.120. The lowest BCUT2D eigenvalue weighted by atomic mass is 10.1. The molecule has 2 atom stereocenters. The fourth-order valence-corrected chi connectivity index (χ4v) is 3.37. The van der Waals surface area contributed by atoms with Crippen molar-refractivity contribution in [3.05, 3.63) is 60.2 Å². The maximum atomic E-state index is 13.0. The summed E-state index contributed by atoms with van der Waals surface area (Å²) in [5, 5.41) is 11.6. The van der Waals surface area contributed by atoms with E-state index in [0.29, 0.717) is 11.0 Å². The quantitative estimate of drug-likeness (QED) is 0.659. The smallest absolute Gasteiger partial charge is 0.233 e. The SMILES string of the molecule is C[C@H](Sc1nnc(-c2ccncc2)n1C)C(=O)N[C@@H](C)c1ccc(F)cc1. The van der Waals surface area contributed by atoms with E-state index in [-0.39, 0.29) is 23.0 Å². The highest BCUT2D eigenvalue weighted by molar-refractivity contribution is 8.00. The zero-order valence-electron chi connectivity index (χ0n) is 15.3. The van der Waals surface area contributed by atoms with Crippen LogP contribution in [0.25, 0.3) is 11.4 Å². The molecule has 1 N–H and O–H groups in total. The Kier molecular flexibility index (Phi) is 5.85. The molecule has 0 unspecified atom stereocenters. The van der Waals surface area contributed by atoms with Gasteiger partial charge in [0.2, 0.25) is 5.91 Å². The van der Waals surface area contributed by atoms with Gasteiger partial charge in [-0.05, 0) is 43.7 Å². The van der Waals surface area contributed by atoms with E-state index in [0.717, 1.165) is 11.1 Å². The molecule has 8 heteroatoms. The topological polar surface area (TPSA) is 72.7 Å². The van der Waals surface area contributed by atoms with Crippen molar-refractivity contribution >= 4 is 17.7 Å². The highest BCUT2D eigenvalue weighted by Gasteiger charge is 2.21. The Morgan fingerprint density at radius 2 is 1.78 bits per heavy atom. The minimum Gasteiger partial charge on any atom is -0.349 e. The first-order valence-corrected chi connectivity index (χ1v) is 9.36. The number of carbonyl (C=O) groups excluding carboxylic acids is 1. The minimum atomic E-state index is -0.360. The number of thioether (sulfide) groups is 1. The van der Waals surface area contributed by atoms with Gasteiger partial charge in [-0.3, -0.25) is 9.78 Å². The lowest BCUT2D eigenvalue weighted by Crippen LogP contribution is -2.33. The molecular weight excluding hydrogens is 365 g/mol. The Labute approximate surface area is 161 Å². The van der Waals surface area contributed by atoms with Crippen molar-refractivity contribution < 1.29 is 9.18 Å². The molecule has 0 aliphatic rings. The summed E-state index contributed by atoms with van der Waals surface area (Å²) in [5.41, 5.74) is 1.76. The van der Waals surface area contributed by atoms with Crippen LogP contribution in [0.3, 0.4) is 0 Å². The monoisotopic (exact) mass is 385 g/mol. The first kappa shape index (κ1) is 19.0. The van der Waals surface area contributed by atoms with Crippen LogP contribution < -0.4 is 5.32 Å². The molecule has 140 valence electrons. The molecule has 1 amide bonds. The van der Waals surface area contributed by atoms with E-state index in [1.54, 1.807) is 24.5 Å². The van der Waals surface area contributed by atoms with Crippen LogP contribution in [0.4, 0.5) is 4.39 Å². The molecule has 2 heterocycles. The molecular formula is C19H20FN5OS. The van der Waals surface area contributed by atoms with Gasteiger partial charge in [0.05, 0.1) is 11.3 Å². The number of hydrogen-bond acceptors (Lipinski definition) is 5. The largest absolute Gasteiger partial charge is 0.349 e. The third-order valence-corrected chi connectivity index (χ3v) is 5.29. The first-order chi connectivity index (χ1) is 13.0. The van der Waals surface area contributed by atoms with Gasteiger partial charge in [0.1, 0.15) is 5.82 Å². The highest BCUT2D eigenvalue weighted by Crippen LogP contribution is 2.26. The second-order valence-electron chi connectivity index (χ2n) is 6.14. The summed E-state index contributed by atoms with van der Waals surface area (Å²) in [6, 6.07) is 9.61. The average molecular weight is 385 g/mol.